The van der Waals surface area contributed by atoms with Gasteiger partial charge in [-0.15, -0.1) is 0 Å². The van der Waals surface area contributed by atoms with Crippen LogP contribution in [-0.4, -0.2) is 26.0 Å². The summed E-state index contributed by atoms with van der Waals surface area (Å²) < 4.78 is 15.7. The van der Waals surface area contributed by atoms with Gasteiger partial charge < -0.3 is 19.0 Å². The number of hydrogen-bond acceptors (Lipinski definition) is 4. The molecule has 0 aromatic carbocycles. The summed E-state index contributed by atoms with van der Waals surface area (Å²) in [5.74, 6) is -0.883. The monoisotopic (exact) mass is 182 g/mol. The Hall–Kier alpha value is -1.13. The van der Waals surface area contributed by atoms with E-state index in [1.807, 2.05) is 0 Å². The Morgan fingerprint density at radius 1 is 1.77 bits per heavy atom. The highest BCUT2D eigenvalue weighted by molar-refractivity contribution is 5.61. The second-order valence-corrected chi connectivity index (χ2v) is 2.86. The van der Waals surface area contributed by atoms with Gasteiger partial charge in [0.05, 0.1) is 5.92 Å². The Labute approximate surface area is 75.8 Å². The molecule has 2 rings (SSSR count). The first-order valence-electron chi connectivity index (χ1n) is 3.99. The van der Waals surface area contributed by atoms with Gasteiger partial charge in [-0.05, 0) is 6.08 Å². The smallest absolute Gasteiger partial charge is 0.243 e. The molecule has 0 aromatic rings. The molecule has 0 spiro atoms. The van der Waals surface area contributed by atoms with Crippen LogP contribution in [0.1, 0.15) is 0 Å². The van der Waals surface area contributed by atoms with Gasteiger partial charge in [-0.2, -0.15) is 0 Å². The summed E-state index contributed by atoms with van der Waals surface area (Å²) in [5.41, 5.74) is 0. The first kappa shape index (κ1) is 8.47. The summed E-state index contributed by atoms with van der Waals surface area (Å²) in [6, 6.07) is 0. The highest BCUT2D eigenvalue weighted by Gasteiger charge is 2.49. The van der Waals surface area contributed by atoms with Crippen molar-refractivity contribution in [2.75, 3.05) is 13.9 Å². The fourth-order valence-corrected chi connectivity index (χ4v) is 1.60. The van der Waals surface area contributed by atoms with Crippen LogP contribution in [0.25, 0.3) is 0 Å². The standard InChI is InChI=1S/C9H10O4/c1-11-9-7(5-10)3-2-4-8(9)12-6-13-9/h2-5,7H,6H2,1H3. The predicted octanol–water partition coefficient (Wildman–Crippen LogP) is 0.602. The van der Waals surface area contributed by atoms with Crippen molar-refractivity contribution < 1.29 is 19.0 Å². The third kappa shape index (κ3) is 1.03. The Bertz CT molecular complexity index is 281. The van der Waals surface area contributed by atoms with E-state index < -0.39 is 11.7 Å². The van der Waals surface area contributed by atoms with Crippen LogP contribution in [0.5, 0.6) is 0 Å². The molecule has 2 atom stereocenters. The minimum Gasteiger partial charge on any atom is -0.466 e. The number of ether oxygens (including phenoxy) is 3. The molecule has 1 aliphatic carbocycles. The average Bonchev–Trinajstić information content (AvgIpc) is 2.60. The Morgan fingerprint density at radius 2 is 2.62 bits per heavy atom. The van der Waals surface area contributed by atoms with E-state index in [2.05, 4.69) is 0 Å². The van der Waals surface area contributed by atoms with Gasteiger partial charge >= 0.3 is 0 Å². The molecular formula is C9H10O4. The number of methoxy groups -OCH3 is 1. The molecule has 1 aliphatic heterocycles. The van der Waals surface area contributed by atoms with E-state index in [1.165, 1.54) is 7.11 Å². The number of aldehydes is 1. The first-order chi connectivity index (χ1) is 6.33. The van der Waals surface area contributed by atoms with Gasteiger partial charge in [-0.1, -0.05) is 12.2 Å². The molecule has 13 heavy (non-hydrogen) atoms. The topological polar surface area (TPSA) is 44.8 Å². The third-order valence-corrected chi connectivity index (χ3v) is 2.29. The predicted molar refractivity (Wildman–Crippen MR) is 43.6 cm³/mol. The van der Waals surface area contributed by atoms with E-state index in [9.17, 15) is 4.79 Å². The van der Waals surface area contributed by atoms with Crippen molar-refractivity contribution in [1.29, 1.82) is 0 Å². The second kappa shape index (κ2) is 2.97. The minimum atomic E-state index is -1.02. The van der Waals surface area contributed by atoms with Gasteiger partial charge in [0.1, 0.15) is 6.29 Å². The summed E-state index contributed by atoms with van der Waals surface area (Å²) in [4.78, 5) is 10.8. The number of carbonyl (C=O) groups is 1. The maximum Gasteiger partial charge on any atom is 0.243 e. The molecule has 4 heteroatoms. The first-order valence-corrected chi connectivity index (χ1v) is 3.99. The van der Waals surface area contributed by atoms with Crippen molar-refractivity contribution in [3.8, 4) is 0 Å². The highest BCUT2D eigenvalue weighted by Crippen LogP contribution is 2.39. The fraction of sp³-hybridized carbons (Fsp3) is 0.444. The molecule has 0 saturated carbocycles. The van der Waals surface area contributed by atoms with Crippen molar-refractivity contribution >= 4 is 6.29 Å². The summed E-state index contributed by atoms with van der Waals surface area (Å²) in [5, 5.41) is 0. The zero-order chi connectivity index (χ0) is 9.31. The van der Waals surface area contributed by atoms with Gasteiger partial charge in [0.15, 0.2) is 12.6 Å². The van der Waals surface area contributed by atoms with Crippen molar-refractivity contribution in [1.82, 2.24) is 0 Å². The summed E-state index contributed by atoms with van der Waals surface area (Å²) in [7, 11) is 1.50. The molecule has 70 valence electrons. The van der Waals surface area contributed by atoms with Crippen LogP contribution in [0, 0.1) is 5.92 Å². The van der Waals surface area contributed by atoms with Crippen molar-refractivity contribution in [2.24, 2.45) is 5.92 Å². The average molecular weight is 182 g/mol. The molecule has 0 radical (unpaired) electrons. The summed E-state index contributed by atoms with van der Waals surface area (Å²) >= 11 is 0. The maximum absolute atomic E-state index is 10.8. The number of rotatable bonds is 2. The Kier molecular flexibility index (Phi) is 1.94. The fourth-order valence-electron chi connectivity index (χ4n) is 1.60. The van der Waals surface area contributed by atoms with Crippen LogP contribution in [0.4, 0.5) is 0 Å². The lowest BCUT2D eigenvalue weighted by Gasteiger charge is -2.30. The number of fused-ring (bicyclic) bond motifs is 1. The van der Waals surface area contributed by atoms with Gasteiger partial charge in [0, 0.05) is 7.11 Å². The molecule has 1 saturated heterocycles. The van der Waals surface area contributed by atoms with Crippen LogP contribution in [0.3, 0.4) is 0 Å². The number of hydrogen-bond donors (Lipinski definition) is 0. The van der Waals surface area contributed by atoms with Gasteiger partial charge in [-0.25, -0.2) is 0 Å². The zero-order valence-corrected chi connectivity index (χ0v) is 7.23. The normalized spacial score (nSPS) is 36.4. The second-order valence-electron chi connectivity index (χ2n) is 2.86. The Balaban J connectivity index is 2.40. The molecule has 0 aromatic heterocycles. The molecule has 2 unspecified atom stereocenters. The SMILES string of the molecule is COC12OCOC1=CC=CC2C=O. The number of carbonyl (C=O) groups excluding carboxylic acids is 1. The van der Waals surface area contributed by atoms with Crippen LogP contribution in [-0.2, 0) is 19.0 Å². The van der Waals surface area contributed by atoms with E-state index in [-0.39, 0.29) is 6.79 Å². The number of allylic oxidation sites excluding steroid dienone is 2. The Morgan fingerprint density at radius 3 is 3.31 bits per heavy atom. The van der Waals surface area contributed by atoms with Crippen molar-refractivity contribution in [2.45, 2.75) is 5.79 Å². The third-order valence-electron chi connectivity index (χ3n) is 2.29. The molecule has 4 nitrogen and oxygen atoms in total. The van der Waals surface area contributed by atoms with Crippen molar-refractivity contribution in [3.05, 3.63) is 24.0 Å². The molecule has 0 N–H and O–H groups in total. The maximum atomic E-state index is 10.8. The van der Waals surface area contributed by atoms with Gasteiger partial charge in [0.25, 0.3) is 0 Å². The largest absolute Gasteiger partial charge is 0.466 e. The quantitative estimate of drug-likeness (QED) is 0.587. The highest BCUT2D eigenvalue weighted by atomic mass is 16.8. The van der Waals surface area contributed by atoms with E-state index in [0.717, 1.165) is 6.29 Å². The molecule has 0 bridgehead atoms. The summed E-state index contributed by atoms with van der Waals surface area (Å²) in [6.07, 6.45) is 6.03. The van der Waals surface area contributed by atoms with Crippen LogP contribution in [0.15, 0.2) is 24.0 Å². The molecule has 1 fully saturated rings. The molecule has 1 heterocycles. The molecular weight excluding hydrogens is 172 g/mol. The lowest BCUT2D eigenvalue weighted by atomic mass is 9.93. The van der Waals surface area contributed by atoms with Crippen LogP contribution < -0.4 is 0 Å². The minimum absolute atomic E-state index is 0.131. The van der Waals surface area contributed by atoms with Gasteiger partial charge in [-0.3, -0.25) is 0 Å². The lowest BCUT2D eigenvalue weighted by molar-refractivity contribution is -0.194. The van der Waals surface area contributed by atoms with E-state index in [4.69, 9.17) is 14.2 Å². The van der Waals surface area contributed by atoms with E-state index in [0.29, 0.717) is 5.76 Å². The van der Waals surface area contributed by atoms with E-state index in [1.54, 1.807) is 18.2 Å². The summed E-state index contributed by atoms with van der Waals surface area (Å²) in [6.45, 7) is 0.131. The molecule has 0 amide bonds. The van der Waals surface area contributed by atoms with Crippen LogP contribution >= 0.6 is 0 Å². The molecule has 2 aliphatic rings. The lowest BCUT2D eigenvalue weighted by Crippen LogP contribution is -2.42. The van der Waals surface area contributed by atoms with Crippen LogP contribution in [0.2, 0.25) is 0 Å². The zero-order valence-electron chi connectivity index (χ0n) is 7.23. The van der Waals surface area contributed by atoms with Crippen molar-refractivity contribution in [3.63, 3.8) is 0 Å². The van der Waals surface area contributed by atoms with Gasteiger partial charge in [0.2, 0.25) is 5.79 Å². The van der Waals surface area contributed by atoms with E-state index >= 15 is 0 Å².